The number of halogens is 3. The molecular formula is C19H19F3N4O3S. The maximum Gasteiger partial charge on any atom is 0.573 e. The summed E-state index contributed by atoms with van der Waals surface area (Å²) < 4.78 is 70.1. The number of nitrogens with one attached hydrogen (secondary N) is 1. The summed E-state index contributed by atoms with van der Waals surface area (Å²) >= 11 is 0. The number of piperazine rings is 1. The Morgan fingerprint density at radius 3 is 2.47 bits per heavy atom. The second-order valence-electron chi connectivity index (χ2n) is 6.80. The van der Waals surface area contributed by atoms with Gasteiger partial charge in [-0.2, -0.15) is 0 Å². The van der Waals surface area contributed by atoms with E-state index in [1.54, 1.807) is 12.1 Å². The molecule has 0 amide bonds. The maximum atomic E-state index is 13.4. The molecule has 0 unspecified atom stereocenters. The summed E-state index contributed by atoms with van der Waals surface area (Å²) in [4.78, 5) is 5.96. The van der Waals surface area contributed by atoms with Gasteiger partial charge < -0.3 is 15.0 Å². The highest BCUT2D eigenvalue weighted by Crippen LogP contribution is 2.34. The van der Waals surface area contributed by atoms with Crippen LogP contribution in [0.3, 0.4) is 0 Å². The molecule has 1 fully saturated rings. The molecule has 7 nitrogen and oxygen atoms in total. The minimum atomic E-state index is -5.02. The van der Waals surface area contributed by atoms with Crippen molar-refractivity contribution in [2.24, 2.45) is 0 Å². The minimum Gasteiger partial charge on any atom is -0.404 e. The van der Waals surface area contributed by atoms with E-state index < -0.39 is 27.0 Å². The molecule has 0 spiro atoms. The second kappa shape index (κ2) is 7.47. The quantitative estimate of drug-likeness (QED) is 0.673. The van der Waals surface area contributed by atoms with Crippen molar-refractivity contribution in [3.63, 3.8) is 0 Å². The van der Waals surface area contributed by atoms with Gasteiger partial charge in [-0.3, -0.25) is 0 Å². The van der Waals surface area contributed by atoms with Gasteiger partial charge in [0.15, 0.2) is 0 Å². The molecule has 1 aliphatic heterocycles. The summed E-state index contributed by atoms with van der Waals surface area (Å²) in [5.41, 5.74) is 1.56. The maximum absolute atomic E-state index is 13.4. The predicted octanol–water partition coefficient (Wildman–Crippen LogP) is 2.89. The molecule has 160 valence electrons. The fraction of sp³-hybridized carbons (Fsp3) is 0.316. The third-order valence-corrected chi connectivity index (χ3v) is 6.67. The van der Waals surface area contributed by atoms with Crippen molar-refractivity contribution in [2.45, 2.75) is 18.2 Å². The molecule has 2 aromatic carbocycles. The van der Waals surface area contributed by atoms with Crippen LogP contribution in [0.15, 0.2) is 47.4 Å². The van der Waals surface area contributed by atoms with Gasteiger partial charge in [-0.25, -0.2) is 17.4 Å². The molecule has 11 heteroatoms. The lowest BCUT2D eigenvalue weighted by atomic mass is 10.2. The fourth-order valence-corrected chi connectivity index (χ4v) is 5.22. The number of ether oxygens (including phenoxy) is 1. The van der Waals surface area contributed by atoms with Gasteiger partial charge in [0, 0.05) is 26.2 Å². The van der Waals surface area contributed by atoms with Gasteiger partial charge >= 0.3 is 6.36 Å². The SMILES string of the molecule is Cc1nc2c(N3CCNCC3)cccc2n1S(=O)(=O)c1ccccc1OC(F)(F)F. The summed E-state index contributed by atoms with van der Waals surface area (Å²) in [6, 6.07) is 9.84. The van der Waals surface area contributed by atoms with E-state index in [-0.39, 0.29) is 5.82 Å². The van der Waals surface area contributed by atoms with Crippen LogP contribution in [0, 0.1) is 6.92 Å². The van der Waals surface area contributed by atoms with E-state index in [4.69, 9.17) is 0 Å². The monoisotopic (exact) mass is 440 g/mol. The zero-order valence-electron chi connectivity index (χ0n) is 16.0. The van der Waals surface area contributed by atoms with E-state index in [9.17, 15) is 21.6 Å². The molecule has 0 atom stereocenters. The first-order chi connectivity index (χ1) is 14.2. The molecule has 30 heavy (non-hydrogen) atoms. The number of fused-ring (bicyclic) bond motifs is 1. The number of benzene rings is 2. The van der Waals surface area contributed by atoms with Crippen molar-refractivity contribution in [2.75, 3.05) is 31.1 Å². The molecule has 4 rings (SSSR count). The number of hydrogen-bond acceptors (Lipinski definition) is 6. The standard InChI is InChI=1S/C19H19F3N4O3S/c1-13-24-18-14(25-11-9-23-10-12-25)5-4-6-15(18)26(13)30(27,28)17-8-3-2-7-16(17)29-19(20,21)22/h2-8,23H,9-12H2,1H3. The average molecular weight is 440 g/mol. The third-order valence-electron chi connectivity index (χ3n) is 4.83. The van der Waals surface area contributed by atoms with Crippen molar-refractivity contribution in [1.82, 2.24) is 14.3 Å². The minimum absolute atomic E-state index is 0.148. The largest absolute Gasteiger partial charge is 0.573 e. The molecule has 1 N–H and O–H groups in total. The molecule has 1 saturated heterocycles. The molecular weight excluding hydrogens is 421 g/mol. The van der Waals surface area contributed by atoms with E-state index >= 15 is 0 Å². The Morgan fingerprint density at radius 2 is 1.77 bits per heavy atom. The van der Waals surface area contributed by atoms with Crippen molar-refractivity contribution in [1.29, 1.82) is 0 Å². The summed E-state index contributed by atoms with van der Waals surface area (Å²) in [6.07, 6.45) is -5.02. The number of aryl methyl sites for hydroxylation is 1. The van der Waals surface area contributed by atoms with Gasteiger partial charge in [-0.1, -0.05) is 18.2 Å². The Bertz CT molecular complexity index is 1190. The molecule has 1 aromatic heterocycles. The summed E-state index contributed by atoms with van der Waals surface area (Å²) in [7, 11) is -4.41. The number of hydrogen-bond donors (Lipinski definition) is 1. The summed E-state index contributed by atoms with van der Waals surface area (Å²) in [6.45, 7) is 4.55. The second-order valence-corrected chi connectivity index (χ2v) is 8.56. The summed E-state index contributed by atoms with van der Waals surface area (Å²) in [5.74, 6) is -0.640. The lowest BCUT2D eigenvalue weighted by Gasteiger charge is -2.29. The van der Waals surface area contributed by atoms with Crippen molar-refractivity contribution < 1.29 is 26.3 Å². The number of nitrogens with zero attached hydrogens (tertiary/aromatic N) is 3. The van der Waals surface area contributed by atoms with Gasteiger partial charge in [-0.15, -0.1) is 13.2 Å². The molecule has 0 saturated carbocycles. The Hall–Kier alpha value is -2.79. The molecule has 0 aliphatic carbocycles. The average Bonchev–Trinajstić information content (AvgIpc) is 3.04. The van der Waals surface area contributed by atoms with Gasteiger partial charge in [-0.05, 0) is 31.2 Å². The zero-order chi connectivity index (χ0) is 21.5. The first kappa shape index (κ1) is 20.5. The van der Waals surface area contributed by atoms with Gasteiger partial charge in [0.1, 0.15) is 22.0 Å². The van der Waals surface area contributed by atoms with Crippen LogP contribution in [0.25, 0.3) is 11.0 Å². The normalized spacial score (nSPS) is 15.5. The summed E-state index contributed by atoms with van der Waals surface area (Å²) in [5, 5.41) is 3.25. The Labute approximate surface area is 171 Å². The van der Waals surface area contributed by atoms with Crippen molar-refractivity contribution >= 4 is 26.7 Å². The Morgan fingerprint density at radius 1 is 1.07 bits per heavy atom. The first-order valence-electron chi connectivity index (χ1n) is 9.22. The third kappa shape index (κ3) is 3.70. The predicted molar refractivity (Wildman–Crippen MR) is 105 cm³/mol. The Balaban J connectivity index is 1.87. The molecule has 2 heterocycles. The number of anilines is 1. The van der Waals surface area contributed by atoms with Crippen LogP contribution in [0.4, 0.5) is 18.9 Å². The van der Waals surface area contributed by atoms with E-state index in [1.807, 2.05) is 6.07 Å². The highest BCUT2D eigenvalue weighted by atomic mass is 32.2. The smallest absolute Gasteiger partial charge is 0.404 e. The topological polar surface area (TPSA) is 76.5 Å². The van der Waals surface area contributed by atoms with Gasteiger partial charge in [0.25, 0.3) is 10.0 Å². The van der Waals surface area contributed by atoms with E-state index in [2.05, 4.69) is 19.9 Å². The van der Waals surface area contributed by atoms with Crippen LogP contribution in [0.2, 0.25) is 0 Å². The lowest BCUT2D eigenvalue weighted by molar-refractivity contribution is -0.275. The molecule has 0 radical (unpaired) electrons. The van der Waals surface area contributed by atoms with Crippen LogP contribution in [-0.4, -0.2) is 49.9 Å². The van der Waals surface area contributed by atoms with Gasteiger partial charge in [0.05, 0.1) is 11.2 Å². The van der Waals surface area contributed by atoms with Crippen LogP contribution in [0.5, 0.6) is 5.75 Å². The van der Waals surface area contributed by atoms with Crippen LogP contribution in [-0.2, 0) is 10.0 Å². The fourth-order valence-electron chi connectivity index (χ4n) is 3.61. The Kier molecular flexibility index (Phi) is 5.10. The van der Waals surface area contributed by atoms with E-state index in [0.717, 1.165) is 48.0 Å². The highest BCUT2D eigenvalue weighted by molar-refractivity contribution is 7.90. The number of alkyl halides is 3. The zero-order valence-corrected chi connectivity index (χ0v) is 16.8. The highest BCUT2D eigenvalue weighted by Gasteiger charge is 2.35. The van der Waals surface area contributed by atoms with Crippen LogP contribution in [0.1, 0.15) is 5.82 Å². The molecule has 0 bridgehead atoms. The van der Waals surface area contributed by atoms with Crippen LogP contribution < -0.4 is 15.0 Å². The number of aromatic nitrogens is 2. The van der Waals surface area contributed by atoms with Crippen molar-refractivity contribution in [3.8, 4) is 5.75 Å². The van der Waals surface area contributed by atoms with Gasteiger partial charge in [0.2, 0.25) is 0 Å². The molecule has 3 aromatic rings. The number of rotatable bonds is 4. The first-order valence-corrected chi connectivity index (χ1v) is 10.7. The van der Waals surface area contributed by atoms with E-state index in [1.165, 1.54) is 19.1 Å². The number of imidazole rings is 1. The lowest BCUT2D eigenvalue weighted by Crippen LogP contribution is -2.43. The van der Waals surface area contributed by atoms with Crippen LogP contribution >= 0.6 is 0 Å². The van der Waals surface area contributed by atoms with E-state index in [0.29, 0.717) is 11.0 Å². The molecule has 1 aliphatic rings. The van der Waals surface area contributed by atoms with Crippen molar-refractivity contribution in [3.05, 3.63) is 48.3 Å². The number of para-hydroxylation sites is 2.